The van der Waals surface area contributed by atoms with E-state index in [4.69, 9.17) is 11.1 Å². The third kappa shape index (κ3) is 2.71. The van der Waals surface area contributed by atoms with E-state index in [2.05, 4.69) is 18.7 Å². The number of rotatable bonds is 4. The number of nitrogens with one attached hydrogen (secondary N) is 1. The van der Waals surface area contributed by atoms with Crippen LogP contribution in [0.25, 0.3) is 0 Å². The zero-order valence-corrected chi connectivity index (χ0v) is 10.3. The van der Waals surface area contributed by atoms with E-state index in [1.165, 1.54) is 25.7 Å². The maximum Gasteiger partial charge on any atom is 0.108 e. The molecule has 0 aromatic rings. The molecule has 1 saturated heterocycles. The average Bonchev–Trinajstić information content (AvgIpc) is 2.28. The first kappa shape index (κ1) is 12.5. The predicted molar refractivity (Wildman–Crippen MR) is 65.2 cm³/mol. The summed E-state index contributed by atoms with van der Waals surface area (Å²) in [6.45, 7) is 8.83. The number of likely N-dealkylation sites (tertiary alicyclic amines) is 1. The number of nitrogens with two attached hydrogens (primary N) is 1. The van der Waals surface area contributed by atoms with Gasteiger partial charge in [0.15, 0.2) is 0 Å². The van der Waals surface area contributed by atoms with E-state index in [9.17, 15) is 0 Å². The zero-order chi connectivity index (χ0) is 11.5. The van der Waals surface area contributed by atoms with E-state index in [1.807, 2.05) is 6.92 Å². The molecular weight excluding hydrogens is 186 g/mol. The van der Waals surface area contributed by atoms with Gasteiger partial charge in [0.25, 0.3) is 0 Å². The van der Waals surface area contributed by atoms with Crippen LogP contribution in [0.4, 0.5) is 0 Å². The Balaban J connectivity index is 2.51. The molecule has 1 rings (SSSR count). The molecule has 15 heavy (non-hydrogen) atoms. The van der Waals surface area contributed by atoms with Crippen molar-refractivity contribution in [2.75, 3.05) is 13.1 Å². The standard InChI is InChI=1S/C12H25N3/c1-4-12(5-2)6-8-15(9-7-12)10(3)11(13)14/h10H,4-9H2,1-3H3,(H3,13,14). The lowest BCUT2D eigenvalue weighted by Crippen LogP contribution is -2.48. The van der Waals surface area contributed by atoms with Crippen LogP contribution < -0.4 is 5.73 Å². The van der Waals surface area contributed by atoms with Gasteiger partial charge in [0.05, 0.1) is 6.04 Å². The van der Waals surface area contributed by atoms with Crippen molar-refractivity contribution in [3.8, 4) is 0 Å². The van der Waals surface area contributed by atoms with E-state index in [-0.39, 0.29) is 6.04 Å². The van der Waals surface area contributed by atoms with Crippen molar-refractivity contribution < 1.29 is 0 Å². The topological polar surface area (TPSA) is 53.1 Å². The normalized spacial score (nSPS) is 23.7. The molecule has 1 unspecified atom stereocenters. The monoisotopic (exact) mass is 211 g/mol. The molecular formula is C12H25N3. The molecule has 0 saturated carbocycles. The van der Waals surface area contributed by atoms with Crippen LogP contribution in [-0.4, -0.2) is 29.9 Å². The van der Waals surface area contributed by atoms with Gasteiger partial charge >= 0.3 is 0 Å². The van der Waals surface area contributed by atoms with Crippen LogP contribution in [0.3, 0.4) is 0 Å². The minimum Gasteiger partial charge on any atom is -0.386 e. The summed E-state index contributed by atoms with van der Waals surface area (Å²) in [5.41, 5.74) is 6.10. The van der Waals surface area contributed by atoms with E-state index in [0.717, 1.165) is 13.1 Å². The lowest BCUT2D eigenvalue weighted by Gasteiger charge is -2.42. The third-order valence-electron chi connectivity index (χ3n) is 4.36. The van der Waals surface area contributed by atoms with E-state index >= 15 is 0 Å². The van der Waals surface area contributed by atoms with Gasteiger partial charge in [-0.2, -0.15) is 0 Å². The highest BCUT2D eigenvalue weighted by atomic mass is 15.2. The summed E-state index contributed by atoms with van der Waals surface area (Å²) in [4.78, 5) is 2.34. The van der Waals surface area contributed by atoms with Crippen molar-refractivity contribution in [2.45, 2.75) is 52.5 Å². The van der Waals surface area contributed by atoms with Crippen molar-refractivity contribution in [1.29, 1.82) is 5.41 Å². The molecule has 3 N–H and O–H groups in total. The molecule has 1 atom stereocenters. The smallest absolute Gasteiger partial charge is 0.108 e. The maximum absolute atomic E-state index is 7.46. The van der Waals surface area contributed by atoms with Gasteiger partial charge in [-0.25, -0.2) is 0 Å². The highest BCUT2D eigenvalue weighted by molar-refractivity contribution is 5.82. The second-order valence-corrected chi connectivity index (χ2v) is 4.87. The fourth-order valence-corrected chi connectivity index (χ4v) is 2.54. The predicted octanol–water partition coefficient (Wildman–Crippen LogP) is 2.21. The van der Waals surface area contributed by atoms with E-state index in [0.29, 0.717) is 11.3 Å². The Morgan fingerprint density at radius 2 is 1.80 bits per heavy atom. The molecule has 3 nitrogen and oxygen atoms in total. The molecule has 0 aromatic heterocycles. The Morgan fingerprint density at radius 1 is 1.33 bits per heavy atom. The number of nitrogens with zero attached hydrogens (tertiary/aromatic N) is 1. The zero-order valence-electron chi connectivity index (χ0n) is 10.3. The Labute approximate surface area is 93.5 Å². The van der Waals surface area contributed by atoms with Crippen LogP contribution in [0.2, 0.25) is 0 Å². The molecule has 88 valence electrons. The van der Waals surface area contributed by atoms with Crippen LogP contribution in [0.1, 0.15) is 46.5 Å². The second kappa shape index (κ2) is 4.97. The molecule has 0 spiro atoms. The van der Waals surface area contributed by atoms with E-state index < -0.39 is 0 Å². The fraction of sp³-hybridized carbons (Fsp3) is 0.917. The first-order chi connectivity index (χ1) is 7.04. The van der Waals surface area contributed by atoms with E-state index in [1.54, 1.807) is 0 Å². The molecule has 1 aliphatic heterocycles. The number of amidine groups is 1. The summed E-state index contributed by atoms with van der Waals surface area (Å²) in [5.74, 6) is 0.301. The van der Waals surface area contributed by atoms with Crippen molar-refractivity contribution in [3.63, 3.8) is 0 Å². The van der Waals surface area contributed by atoms with Crippen LogP contribution in [0.15, 0.2) is 0 Å². The summed E-state index contributed by atoms with van der Waals surface area (Å²) in [6.07, 6.45) is 5.09. The van der Waals surface area contributed by atoms with Gasteiger partial charge in [0, 0.05) is 0 Å². The second-order valence-electron chi connectivity index (χ2n) is 4.87. The molecule has 0 aromatic carbocycles. The summed E-state index contributed by atoms with van der Waals surface area (Å²) in [7, 11) is 0. The molecule has 3 heteroatoms. The first-order valence-corrected chi connectivity index (χ1v) is 6.12. The van der Waals surface area contributed by atoms with Gasteiger partial charge in [-0.1, -0.05) is 26.7 Å². The van der Waals surface area contributed by atoms with Gasteiger partial charge in [0.1, 0.15) is 5.84 Å². The Hall–Kier alpha value is -0.570. The molecule has 1 fully saturated rings. The Bertz CT molecular complexity index is 211. The molecule has 0 radical (unpaired) electrons. The quantitative estimate of drug-likeness (QED) is 0.553. The molecule has 0 aliphatic carbocycles. The van der Waals surface area contributed by atoms with Crippen LogP contribution in [0, 0.1) is 10.8 Å². The summed E-state index contributed by atoms with van der Waals surface area (Å²) in [5, 5.41) is 7.46. The lowest BCUT2D eigenvalue weighted by molar-refractivity contribution is 0.0869. The number of piperidine rings is 1. The Kier molecular flexibility index (Phi) is 4.14. The number of hydrogen-bond donors (Lipinski definition) is 2. The summed E-state index contributed by atoms with van der Waals surface area (Å²) < 4.78 is 0. The minimum absolute atomic E-state index is 0.122. The molecule has 0 bridgehead atoms. The van der Waals surface area contributed by atoms with Crippen molar-refractivity contribution in [2.24, 2.45) is 11.1 Å². The largest absolute Gasteiger partial charge is 0.386 e. The maximum atomic E-state index is 7.46. The van der Waals surface area contributed by atoms with Crippen LogP contribution in [-0.2, 0) is 0 Å². The van der Waals surface area contributed by atoms with Crippen molar-refractivity contribution in [1.82, 2.24) is 4.90 Å². The van der Waals surface area contributed by atoms with Crippen LogP contribution in [0.5, 0.6) is 0 Å². The molecule has 0 amide bonds. The number of hydrogen-bond acceptors (Lipinski definition) is 2. The van der Waals surface area contributed by atoms with Crippen LogP contribution >= 0.6 is 0 Å². The SMILES string of the molecule is CCC1(CC)CCN(C(C)C(=N)N)CC1. The van der Waals surface area contributed by atoms with Gasteiger partial charge in [-0.15, -0.1) is 0 Å². The highest BCUT2D eigenvalue weighted by Crippen LogP contribution is 2.38. The third-order valence-corrected chi connectivity index (χ3v) is 4.36. The van der Waals surface area contributed by atoms with Gasteiger partial charge in [-0.3, -0.25) is 10.3 Å². The lowest BCUT2D eigenvalue weighted by atomic mass is 9.74. The minimum atomic E-state index is 0.122. The Morgan fingerprint density at radius 3 is 2.13 bits per heavy atom. The van der Waals surface area contributed by atoms with Crippen molar-refractivity contribution in [3.05, 3.63) is 0 Å². The first-order valence-electron chi connectivity index (χ1n) is 6.12. The van der Waals surface area contributed by atoms with Gasteiger partial charge in [0.2, 0.25) is 0 Å². The fourth-order valence-electron chi connectivity index (χ4n) is 2.54. The van der Waals surface area contributed by atoms with Crippen molar-refractivity contribution >= 4 is 5.84 Å². The average molecular weight is 211 g/mol. The van der Waals surface area contributed by atoms with Gasteiger partial charge in [-0.05, 0) is 38.3 Å². The summed E-state index contributed by atoms with van der Waals surface area (Å²) >= 11 is 0. The summed E-state index contributed by atoms with van der Waals surface area (Å²) in [6, 6.07) is 0.122. The van der Waals surface area contributed by atoms with Gasteiger partial charge < -0.3 is 5.73 Å². The molecule has 1 heterocycles. The highest BCUT2D eigenvalue weighted by Gasteiger charge is 2.32. The molecule has 1 aliphatic rings.